The van der Waals surface area contributed by atoms with E-state index in [9.17, 15) is 14.4 Å². The molecule has 7 nitrogen and oxygen atoms in total. The molecule has 1 heterocycles. The Kier molecular flexibility index (Phi) is 8.36. The first-order valence-electron chi connectivity index (χ1n) is 12.8. The van der Waals surface area contributed by atoms with Crippen molar-refractivity contribution in [2.45, 2.75) is 65.4 Å². The largest absolute Gasteiger partial charge is 0.490 e. The molecule has 1 aliphatic heterocycles. The van der Waals surface area contributed by atoms with Crippen molar-refractivity contribution in [3.05, 3.63) is 69.9 Å². The smallest absolute Gasteiger partial charge is 0.336 e. The molecule has 0 N–H and O–H groups in total. The van der Waals surface area contributed by atoms with E-state index < -0.39 is 23.8 Å². The predicted octanol–water partition coefficient (Wildman–Crippen LogP) is 6.19. The van der Waals surface area contributed by atoms with Crippen molar-refractivity contribution in [1.82, 2.24) is 0 Å². The Bertz CT molecular complexity index is 1310. The van der Waals surface area contributed by atoms with Gasteiger partial charge in [0.2, 0.25) is 0 Å². The van der Waals surface area contributed by atoms with Crippen LogP contribution in [-0.2, 0) is 19.1 Å². The molecule has 1 fully saturated rings. The second kappa shape index (κ2) is 11.5. The molecule has 0 aromatic heterocycles. The minimum atomic E-state index is -0.619. The molecular weight excluding hydrogens is 506 g/mol. The summed E-state index contributed by atoms with van der Waals surface area (Å²) in [6.07, 6.45) is 0.565. The SMILES string of the molecule is CCOc1cc([C@@H]2C(C(=O)OC(C)C)=C(C)N=C3C[C@@H](c4ccc(Cl)cc4)CC(=O)C32)ccc1OC(C)=O. The lowest BCUT2D eigenvalue weighted by molar-refractivity contribution is -0.143. The van der Waals surface area contributed by atoms with Crippen LogP contribution < -0.4 is 9.47 Å². The van der Waals surface area contributed by atoms with Crippen molar-refractivity contribution < 1.29 is 28.6 Å². The first-order chi connectivity index (χ1) is 18.1. The Labute approximate surface area is 227 Å². The highest BCUT2D eigenvalue weighted by Gasteiger charge is 2.46. The zero-order valence-electron chi connectivity index (χ0n) is 22.2. The highest BCUT2D eigenvalue weighted by atomic mass is 35.5. The van der Waals surface area contributed by atoms with Crippen molar-refractivity contribution in [2.24, 2.45) is 10.9 Å². The molecular formula is C30H32ClNO6. The van der Waals surface area contributed by atoms with Crippen LogP contribution in [0, 0.1) is 5.92 Å². The lowest BCUT2D eigenvalue weighted by atomic mass is 9.66. The second-order valence-corrected chi connectivity index (χ2v) is 10.3. The number of fused-ring (bicyclic) bond motifs is 1. The number of halogens is 1. The number of nitrogens with zero attached hydrogens (tertiary/aromatic N) is 1. The number of ether oxygens (including phenoxy) is 3. The maximum absolute atomic E-state index is 13.8. The number of ketones is 1. The molecule has 0 spiro atoms. The molecule has 0 radical (unpaired) electrons. The second-order valence-electron chi connectivity index (χ2n) is 9.87. The monoisotopic (exact) mass is 537 g/mol. The third-order valence-electron chi connectivity index (χ3n) is 6.74. The minimum Gasteiger partial charge on any atom is -0.490 e. The van der Waals surface area contributed by atoms with Gasteiger partial charge in [-0.1, -0.05) is 29.8 Å². The van der Waals surface area contributed by atoms with Crippen molar-refractivity contribution in [3.63, 3.8) is 0 Å². The number of benzene rings is 2. The highest BCUT2D eigenvalue weighted by Crippen LogP contribution is 2.47. The summed E-state index contributed by atoms with van der Waals surface area (Å²) in [6.45, 7) is 8.83. The highest BCUT2D eigenvalue weighted by molar-refractivity contribution is 6.30. The average Bonchev–Trinajstić information content (AvgIpc) is 2.84. The Morgan fingerprint density at radius 3 is 2.34 bits per heavy atom. The fourth-order valence-corrected chi connectivity index (χ4v) is 5.40. The van der Waals surface area contributed by atoms with Gasteiger partial charge >= 0.3 is 11.9 Å². The standard InChI is InChI=1S/C30H32ClNO6/c1-6-36-26-15-20(9-12-25(26)38-18(5)33)28-27(30(35)37-16(2)3)17(4)32-23-13-21(14-24(34)29(23)28)19-7-10-22(31)11-8-19/h7-12,15-16,21,28-29H,6,13-14H2,1-5H3/t21-,28-,29?/m1/s1. The van der Waals surface area contributed by atoms with E-state index in [1.807, 2.05) is 31.2 Å². The summed E-state index contributed by atoms with van der Waals surface area (Å²) in [5.41, 5.74) is 3.34. The third kappa shape index (κ3) is 5.83. The summed E-state index contributed by atoms with van der Waals surface area (Å²) in [7, 11) is 0. The Hall–Kier alpha value is -3.45. The summed E-state index contributed by atoms with van der Waals surface area (Å²) in [5, 5.41) is 0.637. The summed E-state index contributed by atoms with van der Waals surface area (Å²) < 4.78 is 16.7. The lowest BCUT2D eigenvalue weighted by Gasteiger charge is -2.38. The molecule has 3 atom stereocenters. The molecule has 8 heteroatoms. The van der Waals surface area contributed by atoms with Crippen molar-refractivity contribution in [1.29, 1.82) is 0 Å². The topological polar surface area (TPSA) is 91.3 Å². The van der Waals surface area contributed by atoms with Crippen LogP contribution in [0.4, 0.5) is 0 Å². The minimum absolute atomic E-state index is 0.00400. The number of hydrogen-bond acceptors (Lipinski definition) is 7. The van der Waals surface area contributed by atoms with Gasteiger partial charge in [0.15, 0.2) is 11.5 Å². The van der Waals surface area contributed by atoms with Crippen LogP contribution >= 0.6 is 11.6 Å². The average molecular weight is 538 g/mol. The number of rotatable bonds is 7. The van der Waals surface area contributed by atoms with Crippen LogP contribution in [0.15, 0.2) is 58.7 Å². The van der Waals surface area contributed by atoms with Gasteiger partial charge in [0.25, 0.3) is 0 Å². The zero-order chi connectivity index (χ0) is 27.6. The van der Waals surface area contributed by atoms with E-state index in [1.54, 1.807) is 39.0 Å². The number of Topliss-reactive ketones (excluding diaryl/α,β-unsaturated/α-hetero) is 1. The number of carbonyl (C=O) groups is 3. The van der Waals surface area contributed by atoms with Crippen LogP contribution in [0.25, 0.3) is 0 Å². The van der Waals surface area contributed by atoms with Gasteiger partial charge in [-0.25, -0.2) is 4.79 Å². The van der Waals surface area contributed by atoms with Crippen LogP contribution in [0.1, 0.15) is 70.4 Å². The van der Waals surface area contributed by atoms with Gasteiger partial charge in [0.05, 0.1) is 24.2 Å². The van der Waals surface area contributed by atoms with E-state index in [4.69, 9.17) is 30.8 Å². The molecule has 0 bridgehead atoms. The quantitative estimate of drug-likeness (QED) is 0.309. The zero-order valence-corrected chi connectivity index (χ0v) is 23.0. The van der Waals surface area contributed by atoms with E-state index in [0.717, 1.165) is 11.3 Å². The van der Waals surface area contributed by atoms with E-state index >= 15 is 0 Å². The van der Waals surface area contributed by atoms with E-state index in [0.29, 0.717) is 47.1 Å². The molecule has 1 aliphatic carbocycles. The fraction of sp³-hybridized carbons (Fsp3) is 0.400. The molecule has 1 unspecified atom stereocenters. The summed E-state index contributed by atoms with van der Waals surface area (Å²) >= 11 is 6.07. The Morgan fingerprint density at radius 1 is 1.03 bits per heavy atom. The van der Waals surface area contributed by atoms with Crippen molar-refractivity contribution >= 4 is 35.0 Å². The molecule has 0 amide bonds. The Balaban J connectivity index is 1.81. The molecule has 0 saturated heterocycles. The molecule has 2 aliphatic rings. The normalized spacial score (nSPS) is 21.1. The number of carbonyl (C=O) groups excluding carboxylic acids is 3. The number of aliphatic imine (C=N–C) groups is 1. The number of allylic oxidation sites excluding steroid dienone is 1. The summed E-state index contributed by atoms with van der Waals surface area (Å²) in [4.78, 5) is 43.6. The van der Waals surface area contributed by atoms with Crippen LogP contribution in [-0.4, -0.2) is 36.1 Å². The van der Waals surface area contributed by atoms with Gasteiger partial charge in [0.1, 0.15) is 5.78 Å². The van der Waals surface area contributed by atoms with Gasteiger partial charge in [-0.05, 0) is 75.4 Å². The molecule has 200 valence electrons. The third-order valence-corrected chi connectivity index (χ3v) is 6.99. The van der Waals surface area contributed by atoms with Gasteiger partial charge in [-0.2, -0.15) is 0 Å². The predicted molar refractivity (Wildman–Crippen MR) is 145 cm³/mol. The van der Waals surface area contributed by atoms with Gasteiger partial charge in [-0.3, -0.25) is 14.6 Å². The summed E-state index contributed by atoms with van der Waals surface area (Å²) in [6, 6.07) is 12.7. The number of hydrogen-bond donors (Lipinski definition) is 0. The molecule has 1 saturated carbocycles. The van der Waals surface area contributed by atoms with Crippen molar-refractivity contribution in [2.75, 3.05) is 6.61 Å². The molecule has 38 heavy (non-hydrogen) atoms. The molecule has 2 aromatic rings. The fourth-order valence-electron chi connectivity index (χ4n) is 5.28. The molecule has 2 aromatic carbocycles. The number of esters is 2. The van der Waals surface area contributed by atoms with Crippen LogP contribution in [0.2, 0.25) is 5.02 Å². The maximum atomic E-state index is 13.8. The van der Waals surface area contributed by atoms with E-state index in [-0.39, 0.29) is 23.6 Å². The van der Waals surface area contributed by atoms with Crippen molar-refractivity contribution in [3.8, 4) is 11.5 Å². The van der Waals surface area contributed by atoms with Gasteiger partial charge in [0, 0.05) is 35.7 Å². The maximum Gasteiger partial charge on any atom is 0.336 e. The van der Waals surface area contributed by atoms with Gasteiger partial charge in [-0.15, -0.1) is 0 Å². The van der Waals surface area contributed by atoms with E-state index in [1.165, 1.54) is 6.92 Å². The Morgan fingerprint density at radius 2 is 1.71 bits per heavy atom. The first-order valence-corrected chi connectivity index (χ1v) is 13.2. The molecule has 4 rings (SSSR count). The first kappa shape index (κ1) is 27.6. The van der Waals surface area contributed by atoms with E-state index in [2.05, 4.69) is 0 Å². The lowest BCUT2D eigenvalue weighted by Crippen LogP contribution is -2.41. The van der Waals surface area contributed by atoms with Crippen LogP contribution in [0.3, 0.4) is 0 Å². The van der Waals surface area contributed by atoms with Gasteiger partial charge < -0.3 is 14.2 Å². The van der Waals surface area contributed by atoms with Crippen LogP contribution in [0.5, 0.6) is 11.5 Å². The summed E-state index contributed by atoms with van der Waals surface area (Å²) in [5.74, 6) is -1.59.